The van der Waals surface area contributed by atoms with Crippen LogP contribution in [-0.2, 0) is 34.8 Å². The fourth-order valence-electron chi connectivity index (χ4n) is 4.06. The Kier molecular flexibility index (Phi) is 11.6. The van der Waals surface area contributed by atoms with Gasteiger partial charge in [0.1, 0.15) is 5.41 Å². The minimum Gasteiger partial charge on any atom is -0.481 e. The predicted molar refractivity (Wildman–Crippen MR) is 143 cm³/mol. The standard InChI is InChI=1S/C27H33N2O9P/c1-18(2)23(32)37-17-38-25(34)29-15-14-27(35,39-36)26(24(28)33,13-12-22(30)31)16-19-8-10-21(11-9-19)20-6-4-3-5-7-20/h3-11,18,35H,12-17H2,1-2H3,(H2,28,33)(H,29,34)(H,30,31)/p+1. The van der Waals surface area contributed by atoms with Gasteiger partial charge >= 0.3 is 26.5 Å². The van der Waals surface area contributed by atoms with Crippen molar-refractivity contribution in [2.24, 2.45) is 17.1 Å². The number of rotatable bonds is 15. The molecule has 2 aromatic rings. The van der Waals surface area contributed by atoms with Crippen LogP contribution in [0.5, 0.6) is 0 Å². The second-order valence-electron chi connectivity index (χ2n) is 9.39. The summed E-state index contributed by atoms with van der Waals surface area (Å²) < 4.78 is 21.9. The van der Waals surface area contributed by atoms with E-state index in [-0.39, 0.29) is 19.4 Å². The third-order valence-corrected chi connectivity index (χ3v) is 7.45. The van der Waals surface area contributed by atoms with Crippen molar-refractivity contribution in [3.05, 3.63) is 60.2 Å². The third kappa shape index (κ3) is 8.59. The summed E-state index contributed by atoms with van der Waals surface area (Å²) in [5.41, 5.74) is 6.25. The zero-order valence-corrected chi connectivity index (χ0v) is 22.8. The molecule has 5 N–H and O–H groups in total. The van der Waals surface area contributed by atoms with Gasteiger partial charge in [0.05, 0.1) is 5.92 Å². The number of amides is 2. The number of carbonyl (C=O) groups excluding carboxylic acids is 3. The number of carbonyl (C=O) groups is 4. The van der Waals surface area contributed by atoms with Gasteiger partial charge < -0.3 is 30.7 Å². The summed E-state index contributed by atoms with van der Waals surface area (Å²) in [5, 5.41) is 20.8. The summed E-state index contributed by atoms with van der Waals surface area (Å²) in [5.74, 6) is -3.22. The predicted octanol–water partition coefficient (Wildman–Crippen LogP) is 3.22. The first-order valence-electron chi connectivity index (χ1n) is 12.3. The lowest BCUT2D eigenvalue weighted by atomic mass is 9.70. The largest absolute Gasteiger partial charge is 0.481 e. The van der Waals surface area contributed by atoms with Gasteiger partial charge in [0, 0.05) is 19.4 Å². The van der Waals surface area contributed by atoms with Gasteiger partial charge in [0.25, 0.3) is 5.34 Å². The van der Waals surface area contributed by atoms with E-state index < -0.39 is 68.7 Å². The molecule has 210 valence electrons. The number of aliphatic hydroxyl groups is 1. The average Bonchev–Trinajstić information content (AvgIpc) is 2.91. The molecule has 0 fully saturated rings. The number of nitrogens with one attached hydrogen (secondary N) is 1. The van der Waals surface area contributed by atoms with Gasteiger partial charge in [0.2, 0.25) is 12.7 Å². The molecule has 3 unspecified atom stereocenters. The SMILES string of the molecule is CC(C)C(=O)OCOC(=O)NCCC(O)([PH+]=O)C(CCC(=O)O)(Cc1ccc(-c2ccccc2)cc1)C(N)=O. The molecule has 39 heavy (non-hydrogen) atoms. The number of ether oxygens (including phenoxy) is 2. The molecule has 0 aliphatic carbocycles. The number of aliphatic carboxylic acids is 1. The van der Waals surface area contributed by atoms with Crippen molar-refractivity contribution < 1.29 is 43.4 Å². The Bertz CT molecular complexity index is 1160. The van der Waals surface area contributed by atoms with Crippen LogP contribution >= 0.6 is 8.46 Å². The number of esters is 1. The lowest BCUT2D eigenvalue weighted by Gasteiger charge is -2.37. The number of carboxylic acid groups (broad SMARTS) is 1. The van der Waals surface area contributed by atoms with Gasteiger partial charge in [-0.05, 0) is 29.5 Å². The molecule has 0 aliphatic rings. The molecule has 2 aromatic carbocycles. The third-order valence-electron chi connectivity index (χ3n) is 6.38. The summed E-state index contributed by atoms with van der Waals surface area (Å²) in [4.78, 5) is 47.7. The molecule has 0 saturated carbocycles. The maximum absolute atomic E-state index is 12.9. The van der Waals surface area contributed by atoms with Crippen molar-refractivity contribution in [3.8, 4) is 11.1 Å². The number of carboxylic acids is 1. The van der Waals surface area contributed by atoms with Crippen molar-refractivity contribution in [2.75, 3.05) is 13.3 Å². The van der Waals surface area contributed by atoms with E-state index in [0.29, 0.717) is 5.56 Å². The first kappa shape index (κ1) is 31.4. The topological polar surface area (TPSA) is 182 Å². The summed E-state index contributed by atoms with van der Waals surface area (Å²) in [6, 6.07) is 16.6. The molecular formula is C27H34N2O9P+. The van der Waals surface area contributed by atoms with Gasteiger partial charge in [-0.3, -0.25) is 14.4 Å². The van der Waals surface area contributed by atoms with Gasteiger partial charge in [-0.15, -0.1) is 0 Å². The Labute approximate surface area is 227 Å². The minimum atomic E-state index is -2.27. The number of benzene rings is 2. The fourth-order valence-corrected chi connectivity index (χ4v) is 4.82. The van der Waals surface area contributed by atoms with E-state index in [4.69, 9.17) is 15.2 Å². The Hall–Kier alpha value is -3.82. The lowest BCUT2D eigenvalue weighted by molar-refractivity contribution is -0.155. The van der Waals surface area contributed by atoms with Gasteiger partial charge in [0.15, 0.2) is 0 Å². The second-order valence-corrected chi connectivity index (χ2v) is 10.4. The highest BCUT2D eigenvalue weighted by Crippen LogP contribution is 2.48. The molecule has 0 radical (unpaired) electrons. The summed E-state index contributed by atoms with van der Waals surface area (Å²) in [6.07, 6.45) is -2.48. The number of alkyl carbamates (subject to hydrolysis) is 1. The fraction of sp³-hybridized carbons (Fsp3) is 0.407. The molecule has 0 aliphatic heterocycles. The summed E-state index contributed by atoms with van der Waals surface area (Å²) >= 11 is 0. The Balaban J connectivity index is 2.22. The first-order valence-corrected chi connectivity index (χ1v) is 13.2. The highest BCUT2D eigenvalue weighted by molar-refractivity contribution is 7.25. The van der Waals surface area contributed by atoms with Crippen molar-refractivity contribution in [1.29, 1.82) is 0 Å². The van der Waals surface area contributed by atoms with Crippen LogP contribution in [-0.4, -0.2) is 52.8 Å². The van der Waals surface area contributed by atoms with Crippen LogP contribution in [0.1, 0.15) is 38.7 Å². The molecule has 0 heterocycles. The molecule has 0 bridgehead atoms. The maximum Gasteiger partial charge on any atom is 0.410 e. The molecule has 12 heteroatoms. The molecule has 2 rings (SSSR count). The summed E-state index contributed by atoms with van der Waals surface area (Å²) in [6.45, 7) is 2.30. The smallest absolute Gasteiger partial charge is 0.410 e. The van der Waals surface area contributed by atoms with Gasteiger partial charge in [-0.1, -0.05) is 73.0 Å². The lowest BCUT2D eigenvalue weighted by Crippen LogP contribution is -2.55. The van der Waals surface area contributed by atoms with E-state index in [1.807, 2.05) is 42.5 Å². The Morgan fingerprint density at radius 1 is 0.974 bits per heavy atom. The molecule has 11 nitrogen and oxygen atoms in total. The molecule has 3 atom stereocenters. The zero-order valence-electron chi connectivity index (χ0n) is 21.8. The van der Waals surface area contributed by atoms with Crippen LogP contribution in [0.15, 0.2) is 54.6 Å². The number of hydrogen-bond acceptors (Lipinski definition) is 8. The minimum absolute atomic E-state index is 0.188. The van der Waals surface area contributed by atoms with Crippen LogP contribution in [0.25, 0.3) is 11.1 Å². The summed E-state index contributed by atoms with van der Waals surface area (Å²) in [7, 11) is -1.48. The van der Waals surface area contributed by atoms with Crippen LogP contribution in [0.2, 0.25) is 0 Å². The average molecular weight is 562 g/mol. The van der Waals surface area contributed by atoms with Crippen LogP contribution in [0, 0.1) is 11.3 Å². The molecule has 0 spiro atoms. The number of hydrogen-bond donors (Lipinski definition) is 4. The highest BCUT2D eigenvalue weighted by Gasteiger charge is 2.61. The van der Waals surface area contributed by atoms with E-state index >= 15 is 0 Å². The van der Waals surface area contributed by atoms with Gasteiger partial charge in [-0.2, -0.15) is 0 Å². The highest BCUT2D eigenvalue weighted by atomic mass is 31.1. The monoisotopic (exact) mass is 561 g/mol. The number of nitrogens with two attached hydrogens (primary N) is 1. The normalized spacial score (nSPS) is 14.2. The van der Waals surface area contributed by atoms with E-state index in [1.165, 1.54) is 0 Å². The van der Waals surface area contributed by atoms with Crippen molar-refractivity contribution in [2.45, 2.75) is 44.9 Å². The van der Waals surface area contributed by atoms with Crippen molar-refractivity contribution >= 4 is 32.4 Å². The number of primary amides is 1. The molecule has 0 aromatic heterocycles. The molecular weight excluding hydrogens is 527 g/mol. The Morgan fingerprint density at radius 3 is 2.13 bits per heavy atom. The first-order chi connectivity index (χ1) is 18.4. The van der Waals surface area contributed by atoms with Crippen molar-refractivity contribution in [3.63, 3.8) is 0 Å². The van der Waals surface area contributed by atoms with Gasteiger partial charge in [-0.25, -0.2) is 4.79 Å². The molecule has 0 saturated heterocycles. The van der Waals surface area contributed by atoms with Crippen molar-refractivity contribution in [1.82, 2.24) is 5.32 Å². The van der Waals surface area contributed by atoms with Crippen LogP contribution in [0.4, 0.5) is 4.79 Å². The Morgan fingerprint density at radius 2 is 1.59 bits per heavy atom. The zero-order chi connectivity index (χ0) is 29.1. The van der Waals surface area contributed by atoms with E-state index in [2.05, 4.69) is 5.32 Å². The molecule has 2 amide bonds. The second kappa shape index (κ2) is 14.4. The quantitative estimate of drug-likeness (QED) is 0.144. The van der Waals surface area contributed by atoms with Crippen LogP contribution in [0.3, 0.4) is 0 Å². The van der Waals surface area contributed by atoms with Crippen LogP contribution < -0.4 is 11.1 Å². The van der Waals surface area contributed by atoms with E-state index in [0.717, 1.165) is 11.1 Å². The van der Waals surface area contributed by atoms with E-state index in [1.54, 1.807) is 26.0 Å². The maximum atomic E-state index is 12.9. The van der Waals surface area contributed by atoms with E-state index in [9.17, 15) is 34.0 Å².